The maximum absolute atomic E-state index is 14.1. The molecule has 0 radical (unpaired) electrons. The molecule has 2 unspecified atom stereocenters. The maximum Gasteiger partial charge on any atom is 0.326 e. The molecule has 9 atom stereocenters. The fraction of sp³-hybridized carbons (Fsp3) is 0.718. The summed E-state index contributed by atoms with van der Waals surface area (Å²) in [5.41, 5.74) is 0.426. The topological polar surface area (TPSA) is 167 Å². The zero-order valence-corrected chi connectivity index (χ0v) is 33.5. The predicted molar refractivity (Wildman–Crippen MR) is 200 cm³/mol. The van der Waals surface area contributed by atoms with E-state index < -0.39 is 66.0 Å². The molecule has 1 aliphatic heterocycles. The third-order valence-electron chi connectivity index (χ3n) is 10.7. The Morgan fingerprint density at radius 2 is 1.62 bits per heavy atom. The van der Waals surface area contributed by atoms with Crippen molar-refractivity contribution in [3.63, 3.8) is 0 Å². The number of carboxylic acid groups (broad SMARTS) is 1. The predicted octanol–water partition coefficient (Wildman–Crippen LogP) is 3.24. The molecule has 13 nitrogen and oxygen atoms in total. The number of nitrogens with zero attached hydrogens (tertiary/aromatic N) is 2. The SMILES string of the molecule is CC[C@H](C)C(C(CC(=O)N1CCC[C@H]1[C@H](OC)[C@@H](C)C(=O)N[C@@H](Cc1cccc(F)c1)C(=O)O)OC)N(C)C(=O)[C@@H](NC(=O)[C@@H](NC)C(C)C)C(C)C. The Morgan fingerprint density at radius 1 is 0.981 bits per heavy atom. The average Bonchev–Trinajstić information content (AvgIpc) is 3.59. The van der Waals surface area contributed by atoms with Gasteiger partial charge in [-0.3, -0.25) is 19.2 Å². The number of amides is 4. The van der Waals surface area contributed by atoms with E-state index in [1.807, 2.05) is 41.5 Å². The van der Waals surface area contributed by atoms with Crippen molar-refractivity contribution in [1.29, 1.82) is 0 Å². The van der Waals surface area contributed by atoms with E-state index in [-0.39, 0.29) is 48.3 Å². The molecule has 300 valence electrons. The molecule has 0 aromatic heterocycles. The number of hydrogen-bond donors (Lipinski definition) is 4. The van der Waals surface area contributed by atoms with Crippen molar-refractivity contribution in [3.8, 4) is 0 Å². The van der Waals surface area contributed by atoms with E-state index in [9.17, 15) is 33.5 Å². The van der Waals surface area contributed by atoms with Crippen molar-refractivity contribution >= 4 is 29.6 Å². The first kappa shape index (κ1) is 45.5. The van der Waals surface area contributed by atoms with Crippen LogP contribution in [0.4, 0.5) is 4.39 Å². The number of carbonyl (C=O) groups excluding carboxylic acids is 4. The zero-order valence-electron chi connectivity index (χ0n) is 33.5. The van der Waals surface area contributed by atoms with Crippen LogP contribution in [0.2, 0.25) is 0 Å². The van der Waals surface area contributed by atoms with Crippen molar-refractivity contribution in [2.75, 3.05) is 34.9 Å². The monoisotopic (exact) mass is 749 g/mol. The third kappa shape index (κ3) is 12.2. The summed E-state index contributed by atoms with van der Waals surface area (Å²) in [5, 5.41) is 18.4. The molecule has 14 heteroatoms. The van der Waals surface area contributed by atoms with E-state index in [1.165, 1.54) is 32.4 Å². The molecule has 1 aromatic rings. The number of aliphatic carboxylic acids is 1. The van der Waals surface area contributed by atoms with Gasteiger partial charge in [-0.2, -0.15) is 0 Å². The third-order valence-corrected chi connectivity index (χ3v) is 10.7. The summed E-state index contributed by atoms with van der Waals surface area (Å²) in [7, 11) is 6.37. The van der Waals surface area contributed by atoms with Crippen molar-refractivity contribution in [1.82, 2.24) is 25.8 Å². The first-order valence-electron chi connectivity index (χ1n) is 18.8. The molecular formula is C39H64FN5O8. The van der Waals surface area contributed by atoms with Crippen LogP contribution < -0.4 is 16.0 Å². The Bertz CT molecular complexity index is 1380. The summed E-state index contributed by atoms with van der Waals surface area (Å²) in [6.07, 6.45) is 0.360. The Labute approximate surface area is 315 Å². The molecule has 1 aliphatic rings. The molecule has 1 saturated heterocycles. The summed E-state index contributed by atoms with van der Waals surface area (Å²) in [5.74, 6) is -4.18. The smallest absolute Gasteiger partial charge is 0.326 e. The minimum absolute atomic E-state index is 0.00955. The van der Waals surface area contributed by atoms with E-state index in [0.29, 0.717) is 31.4 Å². The van der Waals surface area contributed by atoms with Gasteiger partial charge in [0.15, 0.2) is 0 Å². The quantitative estimate of drug-likeness (QED) is 0.148. The average molecular weight is 750 g/mol. The normalized spacial score (nSPS) is 19.1. The number of likely N-dealkylation sites (tertiary alicyclic amines) is 1. The highest BCUT2D eigenvalue weighted by Gasteiger charge is 2.43. The van der Waals surface area contributed by atoms with Crippen molar-refractivity contribution in [2.45, 2.75) is 123 Å². The van der Waals surface area contributed by atoms with Gasteiger partial charge in [0, 0.05) is 34.2 Å². The largest absolute Gasteiger partial charge is 0.480 e. The molecule has 2 rings (SSSR count). The van der Waals surface area contributed by atoms with Gasteiger partial charge >= 0.3 is 5.97 Å². The van der Waals surface area contributed by atoms with Gasteiger partial charge in [-0.15, -0.1) is 0 Å². The first-order chi connectivity index (χ1) is 24.9. The molecule has 1 fully saturated rings. The van der Waals surface area contributed by atoms with E-state index in [4.69, 9.17) is 9.47 Å². The van der Waals surface area contributed by atoms with Crippen LogP contribution in [0.15, 0.2) is 24.3 Å². The number of hydrogen-bond acceptors (Lipinski definition) is 8. The lowest BCUT2D eigenvalue weighted by atomic mass is 9.89. The van der Waals surface area contributed by atoms with E-state index in [2.05, 4.69) is 16.0 Å². The molecular weight excluding hydrogens is 685 g/mol. The molecule has 0 saturated carbocycles. The van der Waals surface area contributed by atoms with Crippen LogP contribution in [0, 0.1) is 29.5 Å². The number of halogens is 1. The number of methoxy groups -OCH3 is 2. The molecule has 1 aromatic carbocycles. The van der Waals surface area contributed by atoms with Gasteiger partial charge in [-0.05, 0) is 55.3 Å². The van der Waals surface area contributed by atoms with Gasteiger partial charge in [-0.25, -0.2) is 9.18 Å². The molecule has 4 amide bonds. The number of nitrogens with one attached hydrogen (secondary N) is 3. The Morgan fingerprint density at radius 3 is 2.13 bits per heavy atom. The molecule has 0 aliphatic carbocycles. The standard InChI is InChI=1S/C39H64FN5O8/c1-12-24(6)34(44(9)38(49)33(23(4)5)43-37(48)32(41-8)22(2)3)30(52-10)21-31(46)45-18-14-17-29(45)35(53-11)25(7)36(47)42-28(39(50)51)20-26-15-13-16-27(40)19-26/h13,15-16,19,22-25,28-30,32-35,41H,12,14,17-18,20-21H2,1-11H3,(H,42,47)(H,43,48)(H,50,51)/t24-,25+,28-,29-,30?,32-,33-,34?,35+/m0/s1. The highest BCUT2D eigenvalue weighted by molar-refractivity contribution is 5.90. The summed E-state index contributed by atoms with van der Waals surface area (Å²) in [6.45, 7) is 13.7. The molecule has 53 heavy (non-hydrogen) atoms. The van der Waals surface area contributed by atoms with Crippen LogP contribution >= 0.6 is 0 Å². The fourth-order valence-corrected chi connectivity index (χ4v) is 7.45. The fourth-order valence-electron chi connectivity index (χ4n) is 7.45. The Hall–Kier alpha value is -3.62. The van der Waals surface area contributed by atoms with Gasteiger partial charge in [0.05, 0.1) is 42.7 Å². The first-order valence-corrected chi connectivity index (χ1v) is 18.8. The van der Waals surface area contributed by atoms with E-state index in [1.54, 1.807) is 36.9 Å². The van der Waals surface area contributed by atoms with Crippen LogP contribution in [-0.2, 0) is 39.9 Å². The van der Waals surface area contributed by atoms with Crippen LogP contribution in [0.3, 0.4) is 0 Å². The lowest BCUT2D eigenvalue weighted by molar-refractivity contribution is -0.148. The Kier molecular flexibility index (Phi) is 18.3. The van der Waals surface area contributed by atoms with E-state index in [0.717, 1.165) is 0 Å². The van der Waals surface area contributed by atoms with Crippen LogP contribution in [0.1, 0.15) is 79.7 Å². The highest BCUT2D eigenvalue weighted by atomic mass is 19.1. The van der Waals surface area contributed by atoms with Crippen LogP contribution in [-0.4, -0.2) is 122 Å². The number of carboxylic acids is 1. The summed E-state index contributed by atoms with van der Waals surface area (Å²) in [4.78, 5) is 70.2. The van der Waals surface area contributed by atoms with Crippen LogP contribution in [0.5, 0.6) is 0 Å². The minimum Gasteiger partial charge on any atom is -0.480 e. The second-order valence-electron chi connectivity index (χ2n) is 15.1. The van der Waals surface area contributed by atoms with Crippen molar-refractivity contribution < 1.29 is 42.9 Å². The number of rotatable bonds is 21. The Balaban J connectivity index is 2.27. The molecule has 0 spiro atoms. The van der Waals surface area contributed by atoms with Crippen molar-refractivity contribution in [3.05, 3.63) is 35.6 Å². The summed E-state index contributed by atoms with van der Waals surface area (Å²) >= 11 is 0. The van der Waals surface area contributed by atoms with E-state index >= 15 is 0 Å². The number of likely N-dealkylation sites (N-methyl/N-ethyl adjacent to an activating group) is 2. The van der Waals surface area contributed by atoms with Crippen LogP contribution in [0.25, 0.3) is 0 Å². The lowest BCUT2D eigenvalue weighted by Gasteiger charge is -2.41. The zero-order chi connectivity index (χ0) is 40.2. The molecule has 1 heterocycles. The second-order valence-corrected chi connectivity index (χ2v) is 15.1. The highest BCUT2D eigenvalue weighted by Crippen LogP contribution is 2.30. The lowest BCUT2D eigenvalue weighted by Crippen LogP contribution is -2.59. The van der Waals surface area contributed by atoms with Gasteiger partial charge in [0.1, 0.15) is 17.9 Å². The maximum atomic E-state index is 14.1. The van der Waals surface area contributed by atoms with Crippen molar-refractivity contribution in [2.24, 2.45) is 23.7 Å². The molecule has 0 bridgehead atoms. The number of benzene rings is 1. The minimum atomic E-state index is -1.30. The molecule has 4 N–H and O–H groups in total. The number of ether oxygens (including phenoxy) is 2. The summed E-state index contributed by atoms with van der Waals surface area (Å²) < 4.78 is 25.5. The van der Waals surface area contributed by atoms with Gasteiger partial charge < -0.3 is 40.3 Å². The number of carbonyl (C=O) groups is 5. The second kappa shape index (κ2) is 21.3. The van der Waals surface area contributed by atoms with Gasteiger partial charge in [-0.1, -0.05) is 67.0 Å². The summed E-state index contributed by atoms with van der Waals surface area (Å²) in [6, 6.07) is 2.02. The van der Waals surface area contributed by atoms with Gasteiger partial charge in [0.2, 0.25) is 23.6 Å². The van der Waals surface area contributed by atoms with Gasteiger partial charge in [0.25, 0.3) is 0 Å².